The molecular weight excluding hydrogens is 1520 g/mol. The summed E-state index contributed by atoms with van der Waals surface area (Å²) in [7, 11) is 0. The van der Waals surface area contributed by atoms with Gasteiger partial charge < -0.3 is 93.2 Å². The van der Waals surface area contributed by atoms with Crippen LogP contribution in [0.15, 0.2) is 0 Å². The van der Waals surface area contributed by atoms with E-state index in [4.69, 9.17) is 15.6 Å². The van der Waals surface area contributed by atoms with Crippen LogP contribution in [0.1, 0.15) is 207 Å². The number of hydrogen-bond acceptors (Lipinski definition) is 25. The number of amides is 7. The molecule has 17 N–H and O–H groups in total. The lowest BCUT2D eigenvalue weighted by atomic mass is 9.88. The van der Waals surface area contributed by atoms with Gasteiger partial charge >= 0.3 is 53.7 Å². The highest BCUT2D eigenvalue weighted by molar-refractivity contribution is 7.98. The van der Waals surface area contributed by atoms with E-state index in [-0.39, 0.29) is 68.9 Å². The van der Waals surface area contributed by atoms with Crippen LogP contribution >= 0.6 is 11.8 Å². The molecule has 1 heterocycles. The molecule has 634 valence electrons. The maximum Gasteiger partial charge on any atom is 0.303 e. The van der Waals surface area contributed by atoms with Crippen LogP contribution < -0.4 is 37.6 Å². The molecule has 12 atom stereocenters. The molecule has 7 amide bonds. The minimum atomic E-state index is -1.99. The van der Waals surface area contributed by atoms with E-state index in [1.807, 2.05) is 27.0 Å². The number of hydrogen-bond donors (Lipinski definition) is 16. The first-order valence-corrected chi connectivity index (χ1v) is 38.4. The molecule has 41 heteroatoms. The molecule has 1 aliphatic rings. The molecule has 0 spiro atoms. The fourth-order valence-electron chi connectivity index (χ4n) is 12.1. The molecule has 0 aromatic rings. The Kier molecular flexibility index (Phi) is 47.9. The van der Waals surface area contributed by atoms with Gasteiger partial charge in [-0.25, -0.2) is 0 Å². The first kappa shape index (κ1) is 101. The van der Waals surface area contributed by atoms with Crippen molar-refractivity contribution in [1.29, 1.82) is 0 Å². The van der Waals surface area contributed by atoms with Crippen LogP contribution in [0.2, 0.25) is 0 Å². The summed E-state index contributed by atoms with van der Waals surface area (Å²) in [5.41, 5.74) is 5.81. The summed E-state index contributed by atoms with van der Waals surface area (Å²) in [5.74, 6) is -32.1. The number of nitrogens with zero attached hydrogens (tertiary/aromatic N) is 1. The number of aliphatic carboxylic acids is 9. The number of thioether (sulfide) groups is 1. The standard InChI is InChI=1S/C72H108N8O32S/c1-38(2)31-49(52(82)18-19-57(87)74-39(3)37-113-4)79-72(111)50-7-5-29-80(50)58(88)36-112-30-6-8-51(81)45(14-25-64(99)100)75-69(108)41(10-21-60(91)92)33-54(84)47(16-27-66(103)104)77-71(110)43(12-23-62(95)96)35-56(86)48(17-28-67(105)106)78-70(109)42(11-22-61(93)94)34-55(85)46(15-26-65(101)102)76-68(107)40(9-20-59(89)90)32-53(83)44(73)13-24-63(97)98/h38-50H,5-37,73H2,1-4H3,(H,74,87)(H,75,108)(H,76,107)(H,77,110)(H,78,109)(H,79,111)(H,89,90)(H,91,92)(H,93,94)(H,95,96)(H,97,98)(H,99,100)(H,101,102)(H,103,104)(H,105,106)/t39-,40+,41+,42+,43+,44-,45-,46-,47-,48-,49+,50+/m1/s1. The van der Waals surface area contributed by atoms with Crippen LogP contribution in [-0.2, 0) is 110 Å². The molecule has 0 saturated carbocycles. The topological polar surface area (TPSA) is 668 Å². The normalized spacial score (nSPS) is 15.4. The van der Waals surface area contributed by atoms with Gasteiger partial charge in [-0.3, -0.25) is 105 Å². The van der Waals surface area contributed by atoms with Crippen LogP contribution in [0.3, 0.4) is 0 Å². The Balaban J connectivity index is 3.54. The van der Waals surface area contributed by atoms with E-state index in [1.54, 1.807) is 0 Å². The number of likely N-dealkylation sites (tertiary alicyclic amines) is 1. The molecule has 0 aromatic heterocycles. The van der Waals surface area contributed by atoms with Gasteiger partial charge in [0, 0.05) is 151 Å². The van der Waals surface area contributed by atoms with E-state index in [0.717, 1.165) is 0 Å². The Morgan fingerprint density at radius 1 is 0.398 bits per heavy atom. The van der Waals surface area contributed by atoms with E-state index in [9.17, 15) is 146 Å². The second kappa shape index (κ2) is 53.7. The summed E-state index contributed by atoms with van der Waals surface area (Å²) in [5, 5.41) is 100. The number of rotatable bonds is 65. The minimum Gasteiger partial charge on any atom is -0.481 e. The lowest BCUT2D eigenvalue weighted by Crippen LogP contribution is -2.51. The molecule has 0 unspecified atom stereocenters. The maximum absolute atomic E-state index is 14.4. The summed E-state index contributed by atoms with van der Waals surface area (Å²) in [6, 6.07) is -10.9. The lowest BCUT2D eigenvalue weighted by molar-refractivity contribution is -0.142. The Hall–Kier alpha value is -10.2. The maximum atomic E-state index is 14.4. The van der Waals surface area contributed by atoms with Gasteiger partial charge in [0.2, 0.25) is 41.4 Å². The average Bonchev–Trinajstić information content (AvgIpc) is 1.75. The number of nitrogens with two attached hydrogens (primary N) is 1. The molecule has 0 bridgehead atoms. The van der Waals surface area contributed by atoms with Gasteiger partial charge in [-0.2, -0.15) is 11.8 Å². The zero-order chi connectivity index (χ0) is 85.8. The number of Topliss-reactive ketones (excluding diaryl/α,β-unsaturated/α-hetero) is 6. The molecule has 0 radical (unpaired) electrons. The summed E-state index contributed by atoms with van der Waals surface area (Å²) >= 11 is 1.54. The Labute approximate surface area is 654 Å². The summed E-state index contributed by atoms with van der Waals surface area (Å²) < 4.78 is 5.56. The van der Waals surface area contributed by atoms with E-state index in [1.165, 1.54) is 16.7 Å². The monoisotopic (exact) mass is 1630 g/mol. The Bertz CT molecular complexity index is 3380. The second-order valence-corrected chi connectivity index (χ2v) is 29.1. The van der Waals surface area contributed by atoms with Crippen molar-refractivity contribution in [2.75, 3.05) is 31.8 Å². The quantitative estimate of drug-likeness (QED) is 0.0367. The highest BCUT2D eigenvalue weighted by atomic mass is 32.2. The molecule has 1 rings (SSSR count). The number of ketones is 6. The number of carboxylic acids is 9. The van der Waals surface area contributed by atoms with Gasteiger partial charge in [-0.15, -0.1) is 0 Å². The number of carbonyl (C=O) groups excluding carboxylic acids is 13. The van der Waals surface area contributed by atoms with Gasteiger partial charge in [0.05, 0.1) is 36.3 Å². The van der Waals surface area contributed by atoms with E-state index < -0.39 is 338 Å². The molecule has 1 aliphatic heterocycles. The fourth-order valence-corrected chi connectivity index (χ4v) is 12.7. The lowest BCUT2D eigenvalue weighted by Gasteiger charge is -2.27. The van der Waals surface area contributed by atoms with Crippen LogP contribution in [0, 0.1) is 29.6 Å². The number of ether oxygens (including phenoxy) is 1. The largest absolute Gasteiger partial charge is 0.481 e. The number of nitrogens with one attached hydrogen (secondary N) is 6. The van der Waals surface area contributed by atoms with Gasteiger partial charge in [0.25, 0.3) is 0 Å². The molecule has 1 saturated heterocycles. The van der Waals surface area contributed by atoms with Crippen molar-refractivity contribution in [3.05, 3.63) is 0 Å². The van der Waals surface area contributed by atoms with Crippen molar-refractivity contribution in [3.63, 3.8) is 0 Å². The van der Waals surface area contributed by atoms with Crippen molar-refractivity contribution in [1.82, 2.24) is 36.8 Å². The summed E-state index contributed by atoms with van der Waals surface area (Å²) in [6.45, 7) is 4.84. The van der Waals surface area contributed by atoms with Crippen molar-refractivity contribution >= 4 is 142 Å². The molecule has 1 fully saturated rings. The molecule has 113 heavy (non-hydrogen) atoms. The van der Waals surface area contributed by atoms with Crippen molar-refractivity contribution < 1.29 is 156 Å². The minimum absolute atomic E-state index is 0.0382. The van der Waals surface area contributed by atoms with E-state index >= 15 is 0 Å². The third kappa shape index (κ3) is 43.4. The van der Waals surface area contributed by atoms with Gasteiger partial charge in [-0.05, 0) is 103 Å². The van der Waals surface area contributed by atoms with Gasteiger partial charge in [0.1, 0.15) is 18.4 Å². The van der Waals surface area contributed by atoms with Gasteiger partial charge in [-0.1, -0.05) is 13.8 Å². The van der Waals surface area contributed by atoms with Crippen molar-refractivity contribution in [3.8, 4) is 0 Å². The van der Waals surface area contributed by atoms with E-state index in [0.29, 0.717) is 12.2 Å². The average molecular weight is 1630 g/mol. The zero-order valence-electron chi connectivity index (χ0n) is 63.7. The fraction of sp³-hybridized carbons (Fsp3) is 0.694. The Morgan fingerprint density at radius 3 is 1.07 bits per heavy atom. The number of carboxylic acid groups (broad SMARTS) is 9. The zero-order valence-corrected chi connectivity index (χ0v) is 64.5. The molecular formula is C72H108N8O32S. The van der Waals surface area contributed by atoms with Crippen LogP contribution in [0.5, 0.6) is 0 Å². The first-order valence-electron chi connectivity index (χ1n) is 37.0. The van der Waals surface area contributed by atoms with Crippen molar-refractivity contribution in [2.24, 2.45) is 35.3 Å². The highest BCUT2D eigenvalue weighted by Gasteiger charge is 2.40. The number of carbonyl (C=O) groups is 22. The van der Waals surface area contributed by atoms with E-state index in [2.05, 4.69) is 31.9 Å². The van der Waals surface area contributed by atoms with Crippen molar-refractivity contribution in [2.45, 2.75) is 255 Å². The predicted octanol–water partition coefficient (Wildman–Crippen LogP) is 0.442. The smallest absolute Gasteiger partial charge is 0.303 e. The van der Waals surface area contributed by atoms with Gasteiger partial charge in [0.15, 0.2) is 28.9 Å². The first-order chi connectivity index (χ1) is 52.9. The molecule has 0 aliphatic carbocycles. The Morgan fingerprint density at radius 2 is 0.726 bits per heavy atom. The predicted molar refractivity (Wildman–Crippen MR) is 391 cm³/mol. The molecule has 0 aromatic carbocycles. The van der Waals surface area contributed by atoms with Crippen LogP contribution in [0.4, 0.5) is 0 Å². The second-order valence-electron chi connectivity index (χ2n) is 28.2. The SMILES string of the molecule is CSC[C@@H](C)NC(=O)CCC(=O)[C@H](CC(C)C)NC(=O)[C@@H]1CCCN1C(=O)COCCCC(=O)[C@@H](CCC(=O)O)NC(=O)[C@@H](CCC(=O)O)CC(=O)[C@@H](CCC(=O)O)NC(=O)[C@@H](CCC(=O)O)CC(=O)[C@@H](CCC(=O)O)NC(=O)[C@@H](CCC(=O)O)CC(=O)[C@@H](CCC(=O)O)NC(=O)[C@@H](CCC(=O)O)CC(=O)[C@H](N)CCC(=O)O. The highest BCUT2D eigenvalue weighted by Crippen LogP contribution is 2.25. The third-order valence-corrected chi connectivity index (χ3v) is 19.1. The summed E-state index contributed by atoms with van der Waals surface area (Å²) in [6.07, 6.45) is -15.4. The van der Waals surface area contributed by atoms with Crippen LogP contribution in [-0.4, -0.2) is 261 Å². The van der Waals surface area contributed by atoms with Crippen LogP contribution in [0.25, 0.3) is 0 Å². The third-order valence-electron chi connectivity index (χ3n) is 18.2. The molecule has 40 nitrogen and oxygen atoms in total. The summed E-state index contributed by atoms with van der Waals surface area (Å²) in [4.78, 5) is 286.